The largest absolute Gasteiger partial charge is 0.497 e. The van der Waals surface area contributed by atoms with E-state index in [4.69, 9.17) is 19.2 Å². The number of benzene rings is 1. The van der Waals surface area contributed by atoms with Crippen LogP contribution < -0.4 is 10.1 Å². The van der Waals surface area contributed by atoms with Gasteiger partial charge in [-0.1, -0.05) is 12.1 Å². The predicted molar refractivity (Wildman–Crippen MR) is 124 cm³/mol. The number of ether oxygens (including phenoxy) is 3. The Bertz CT molecular complexity index is 728. The summed E-state index contributed by atoms with van der Waals surface area (Å²) >= 11 is 0. The standard InChI is InChI=1S/C23H37N5O4/c1-4-24-22(27-10-12-28(13-11-27)23(29)32-5-2)25-18-21(26-14-16-31-17-15-26)19-6-8-20(30-3)9-7-19/h6-9,21H,4-5,10-18H2,1-3H3,(H,24,25). The van der Waals surface area contributed by atoms with Crippen LogP contribution in [0.25, 0.3) is 0 Å². The third-order valence-electron chi connectivity index (χ3n) is 5.84. The molecule has 1 N–H and O–H groups in total. The fourth-order valence-electron chi connectivity index (χ4n) is 4.06. The van der Waals surface area contributed by atoms with Gasteiger partial charge < -0.3 is 29.3 Å². The lowest BCUT2D eigenvalue weighted by Crippen LogP contribution is -2.54. The Hall–Kier alpha value is -2.52. The first-order valence-corrected chi connectivity index (χ1v) is 11.6. The van der Waals surface area contributed by atoms with E-state index in [-0.39, 0.29) is 12.1 Å². The third kappa shape index (κ3) is 6.49. The van der Waals surface area contributed by atoms with Gasteiger partial charge in [0.05, 0.1) is 39.5 Å². The number of rotatable bonds is 7. The van der Waals surface area contributed by atoms with Crippen molar-refractivity contribution in [3.8, 4) is 5.75 Å². The van der Waals surface area contributed by atoms with E-state index in [1.165, 1.54) is 5.56 Å². The van der Waals surface area contributed by atoms with Gasteiger partial charge in [0, 0.05) is 45.8 Å². The molecule has 178 valence electrons. The molecule has 1 atom stereocenters. The van der Waals surface area contributed by atoms with Gasteiger partial charge in [-0.25, -0.2) is 4.79 Å². The number of hydrogen-bond donors (Lipinski definition) is 1. The van der Waals surface area contributed by atoms with Crippen LogP contribution >= 0.6 is 0 Å². The molecule has 2 saturated heterocycles. The fraction of sp³-hybridized carbons (Fsp3) is 0.652. The highest BCUT2D eigenvalue weighted by Crippen LogP contribution is 2.24. The number of aliphatic imine (C=N–C) groups is 1. The van der Waals surface area contributed by atoms with Gasteiger partial charge in [0.25, 0.3) is 0 Å². The van der Waals surface area contributed by atoms with Crippen LogP contribution in [-0.2, 0) is 9.47 Å². The molecule has 0 aliphatic carbocycles. The highest BCUT2D eigenvalue weighted by molar-refractivity contribution is 5.80. The number of morpholine rings is 1. The molecule has 3 rings (SSSR count). The summed E-state index contributed by atoms with van der Waals surface area (Å²) in [4.78, 5) is 23.5. The van der Waals surface area contributed by atoms with Gasteiger partial charge in [0.2, 0.25) is 0 Å². The molecular formula is C23H37N5O4. The lowest BCUT2D eigenvalue weighted by Gasteiger charge is -2.37. The summed E-state index contributed by atoms with van der Waals surface area (Å²) in [6.45, 7) is 11.7. The highest BCUT2D eigenvalue weighted by atomic mass is 16.6. The Labute approximate surface area is 191 Å². The number of nitrogens with one attached hydrogen (secondary N) is 1. The van der Waals surface area contributed by atoms with Crippen molar-refractivity contribution in [2.24, 2.45) is 4.99 Å². The SMILES string of the molecule is CCNC(=NCC(c1ccc(OC)cc1)N1CCOCC1)N1CCN(C(=O)OCC)CC1. The molecular weight excluding hydrogens is 410 g/mol. The van der Waals surface area contributed by atoms with Crippen LogP contribution in [0.2, 0.25) is 0 Å². The predicted octanol–water partition coefficient (Wildman–Crippen LogP) is 1.81. The zero-order valence-electron chi connectivity index (χ0n) is 19.6. The molecule has 2 aliphatic heterocycles. The molecule has 2 fully saturated rings. The van der Waals surface area contributed by atoms with Crippen molar-refractivity contribution in [3.63, 3.8) is 0 Å². The molecule has 32 heavy (non-hydrogen) atoms. The summed E-state index contributed by atoms with van der Waals surface area (Å²) in [5.41, 5.74) is 1.22. The Morgan fingerprint density at radius 3 is 2.31 bits per heavy atom. The van der Waals surface area contributed by atoms with E-state index in [1.807, 2.05) is 19.1 Å². The number of carbonyl (C=O) groups is 1. The minimum absolute atomic E-state index is 0.166. The number of piperazine rings is 1. The minimum Gasteiger partial charge on any atom is -0.497 e. The molecule has 1 unspecified atom stereocenters. The number of guanidine groups is 1. The van der Waals surface area contributed by atoms with Gasteiger partial charge in [-0.2, -0.15) is 0 Å². The van der Waals surface area contributed by atoms with Crippen molar-refractivity contribution >= 4 is 12.1 Å². The van der Waals surface area contributed by atoms with Crippen LogP contribution in [0.3, 0.4) is 0 Å². The average Bonchev–Trinajstić information content (AvgIpc) is 2.85. The van der Waals surface area contributed by atoms with Crippen LogP contribution in [0, 0.1) is 0 Å². The zero-order chi connectivity index (χ0) is 22.8. The van der Waals surface area contributed by atoms with Gasteiger partial charge in [-0.15, -0.1) is 0 Å². The maximum Gasteiger partial charge on any atom is 0.409 e. The quantitative estimate of drug-likeness (QED) is 0.504. The maximum atomic E-state index is 12.0. The lowest BCUT2D eigenvalue weighted by molar-refractivity contribution is 0.0179. The molecule has 0 spiro atoms. The van der Waals surface area contributed by atoms with E-state index in [9.17, 15) is 4.79 Å². The lowest BCUT2D eigenvalue weighted by atomic mass is 10.0. The first kappa shape index (κ1) is 24.1. The molecule has 2 heterocycles. The van der Waals surface area contributed by atoms with E-state index in [1.54, 1.807) is 12.0 Å². The Balaban J connectivity index is 1.71. The summed E-state index contributed by atoms with van der Waals surface area (Å²) < 4.78 is 16.0. The first-order valence-electron chi connectivity index (χ1n) is 11.6. The third-order valence-corrected chi connectivity index (χ3v) is 5.84. The highest BCUT2D eigenvalue weighted by Gasteiger charge is 2.26. The normalized spacial score (nSPS) is 18.9. The summed E-state index contributed by atoms with van der Waals surface area (Å²) in [5, 5.41) is 3.43. The first-order chi connectivity index (χ1) is 15.7. The summed E-state index contributed by atoms with van der Waals surface area (Å²) in [6, 6.07) is 8.43. The monoisotopic (exact) mass is 447 g/mol. The van der Waals surface area contributed by atoms with Gasteiger partial charge in [0.15, 0.2) is 5.96 Å². The van der Waals surface area contributed by atoms with Crippen molar-refractivity contribution in [2.45, 2.75) is 19.9 Å². The molecule has 2 aliphatic rings. The fourth-order valence-corrected chi connectivity index (χ4v) is 4.06. The molecule has 9 heteroatoms. The van der Waals surface area contributed by atoms with E-state index in [2.05, 4.69) is 34.2 Å². The van der Waals surface area contributed by atoms with Crippen molar-refractivity contribution in [2.75, 3.05) is 79.3 Å². The molecule has 1 aromatic carbocycles. The number of methoxy groups -OCH3 is 1. The molecule has 1 amide bonds. The molecule has 9 nitrogen and oxygen atoms in total. The van der Waals surface area contributed by atoms with Crippen LogP contribution in [-0.4, -0.2) is 106 Å². The molecule has 0 radical (unpaired) electrons. The van der Waals surface area contributed by atoms with E-state index in [0.29, 0.717) is 26.2 Å². The number of carbonyl (C=O) groups excluding carboxylic acids is 1. The van der Waals surface area contributed by atoms with Crippen molar-refractivity contribution < 1.29 is 19.0 Å². The molecule has 0 aromatic heterocycles. The van der Waals surface area contributed by atoms with Gasteiger partial charge in [-0.05, 0) is 31.5 Å². The Kier molecular flexibility index (Phi) is 9.43. The van der Waals surface area contributed by atoms with Crippen LogP contribution in [0.1, 0.15) is 25.5 Å². The van der Waals surface area contributed by atoms with Gasteiger partial charge in [-0.3, -0.25) is 9.89 Å². The van der Waals surface area contributed by atoms with Crippen LogP contribution in [0.5, 0.6) is 5.75 Å². The van der Waals surface area contributed by atoms with E-state index >= 15 is 0 Å². The van der Waals surface area contributed by atoms with Gasteiger partial charge >= 0.3 is 6.09 Å². The molecule has 0 bridgehead atoms. The Morgan fingerprint density at radius 2 is 1.72 bits per heavy atom. The van der Waals surface area contributed by atoms with Crippen LogP contribution in [0.4, 0.5) is 4.79 Å². The molecule has 1 aromatic rings. The number of nitrogens with zero attached hydrogens (tertiary/aromatic N) is 4. The Morgan fingerprint density at radius 1 is 1.06 bits per heavy atom. The second kappa shape index (κ2) is 12.5. The van der Waals surface area contributed by atoms with Gasteiger partial charge in [0.1, 0.15) is 5.75 Å². The van der Waals surface area contributed by atoms with Crippen molar-refractivity contribution in [1.82, 2.24) is 20.0 Å². The zero-order valence-corrected chi connectivity index (χ0v) is 19.6. The second-order valence-corrected chi connectivity index (χ2v) is 7.80. The van der Waals surface area contributed by atoms with E-state index < -0.39 is 0 Å². The smallest absolute Gasteiger partial charge is 0.409 e. The van der Waals surface area contributed by atoms with Crippen molar-refractivity contribution in [1.29, 1.82) is 0 Å². The second-order valence-electron chi connectivity index (χ2n) is 7.80. The number of hydrogen-bond acceptors (Lipinski definition) is 6. The molecule has 0 saturated carbocycles. The summed E-state index contributed by atoms with van der Waals surface area (Å²) in [6.07, 6.45) is -0.235. The number of amides is 1. The topological polar surface area (TPSA) is 78.9 Å². The maximum absolute atomic E-state index is 12.0. The average molecular weight is 448 g/mol. The van der Waals surface area contributed by atoms with Crippen molar-refractivity contribution in [3.05, 3.63) is 29.8 Å². The minimum atomic E-state index is -0.235. The van der Waals surface area contributed by atoms with Crippen LogP contribution in [0.15, 0.2) is 29.3 Å². The van der Waals surface area contributed by atoms with E-state index in [0.717, 1.165) is 57.6 Å². The summed E-state index contributed by atoms with van der Waals surface area (Å²) in [7, 11) is 1.68. The summed E-state index contributed by atoms with van der Waals surface area (Å²) in [5.74, 6) is 1.74.